The number of anilines is 1. The van der Waals surface area contributed by atoms with Gasteiger partial charge in [-0.2, -0.15) is 0 Å². The zero-order valence-electron chi connectivity index (χ0n) is 12.5. The Hall–Kier alpha value is -1.75. The fraction of sp³-hybridized carbons (Fsp3) is 0.562. The third-order valence-corrected chi connectivity index (χ3v) is 4.54. The Morgan fingerprint density at radius 3 is 2.76 bits per heavy atom. The van der Waals surface area contributed by atoms with Crippen molar-refractivity contribution in [3.05, 3.63) is 23.8 Å². The van der Waals surface area contributed by atoms with Gasteiger partial charge in [-0.1, -0.05) is 0 Å². The van der Waals surface area contributed by atoms with Gasteiger partial charge in [0.2, 0.25) is 0 Å². The molecule has 2 bridgehead atoms. The van der Waals surface area contributed by atoms with E-state index in [0.717, 1.165) is 6.54 Å². The van der Waals surface area contributed by atoms with Crippen LogP contribution in [0, 0.1) is 5.92 Å². The lowest BCUT2D eigenvalue weighted by atomic mass is 9.84. The molecule has 0 radical (unpaired) electrons. The average Bonchev–Trinajstić information content (AvgIpc) is 2.50. The van der Waals surface area contributed by atoms with Crippen LogP contribution < -0.4 is 15.8 Å². The van der Waals surface area contributed by atoms with E-state index in [4.69, 9.17) is 10.5 Å². The number of carbonyl (C=O) groups is 1. The first-order valence-electron chi connectivity index (χ1n) is 7.73. The second-order valence-electron chi connectivity index (χ2n) is 5.90. The number of nitrogens with one attached hydrogen (secondary N) is 1. The predicted molar refractivity (Wildman–Crippen MR) is 82.4 cm³/mol. The molecule has 1 aromatic carbocycles. The SMILES string of the molecule is CCOc1ccc(C(=O)NC2CN3CCC2CC3)cc1N. The van der Waals surface area contributed by atoms with Crippen LogP contribution in [-0.4, -0.2) is 43.1 Å². The lowest BCUT2D eigenvalue weighted by Crippen LogP contribution is -2.57. The van der Waals surface area contributed by atoms with Crippen molar-refractivity contribution >= 4 is 11.6 Å². The molecule has 3 aliphatic heterocycles. The normalized spacial score (nSPS) is 27.4. The summed E-state index contributed by atoms with van der Waals surface area (Å²) in [5, 5.41) is 3.17. The van der Waals surface area contributed by atoms with Gasteiger partial charge < -0.3 is 20.7 Å². The highest BCUT2D eigenvalue weighted by Gasteiger charge is 2.34. The van der Waals surface area contributed by atoms with Crippen molar-refractivity contribution in [2.75, 3.05) is 32.0 Å². The maximum absolute atomic E-state index is 12.4. The van der Waals surface area contributed by atoms with Gasteiger partial charge in [0.1, 0.15) is 5.75 Å². The molecule has 3 aliphatic rings. The van der Waals surface area contributed by atoms with Gasteiger partial charge in [0.05, 0.1) is 12.3 Å². The number of carbonyl (C=O) groups excluding carboxylic acids is 1. The monoisotopic (exact) mass is 289 g/mol. The van der Waals surface area contributed by atoms with Crippen LogP contribution in [0.5, 0.6) is 5.75 Å². The van der Waals surface area contributed by atoms with Crippen molar-refractivity contribution in [1.29, 1.82) is 0 Å². The second-order valence-corrected chi connectivity index (χ2v) is 5.90. The molecule has 1 aromatic rings. The smallest absolute Gasteiger partial charge is 0.251 e. The van der Waals surface area contributed by atoms with Gasteiger partial charge in [0.25, 0.3) is 5.91 Å². The van der Waals surface area contributed by atoms with Crippen LogP contribution in [0.15, 0.2) is 18.2 Å². The zero-order valence-corrected chi connectivity index (χ0v) is 12.5. The van der Waals surface area contributed by atoms with Gasteiger partial charge in [-0.25, -0.2) is 0 Å². The fourth-order valence-corrected chi connectivity index (χ4v) is 3.36. The largest absolute Gasteiger partial charge is 0.492 e. The van der Waals surface area contributed by atoms with E-state index in [-0.39, 0.29) is 11.9 Å². The van der Waals surface area contributed by atoms with E-state index in [9.17, 15) is 4.79 Å². The molecule has 1 amide bonds. The Morgan fingerprint density at radius 1 is 1.43 bits per heavy atom. The van der Waals surface area contributed by atoms with Crippen LogP contribution in [0.1, 0.15) is 30.1 Å². The molecule has 1 atom stereocenters. The predicted octanol–water partition coefficient (Wildman–Crippen LogP) is 1.49. The van der Waals surface area contributed by atoms with E-state index in [1.807, 2.05) is 6.92 Å². The topological polar surface area (TPSA) is 67.6 Å². The number of nitrogen functional groups attached to an aromatic ring is 1. The van der Waals surface area contributed by atoms with E-state index in [2.05, 4.69) is 10.2 Å². The molecular weight excluding hydrogens is 266 g/mol. The average molecular weight is 289 g/mol. The first-order chi connectivity index (χ1) is 10.2. The maximum atomic E-state index is 12.4. The molecule has 3 N–H and O–H groups in total. The van der Waals surface area contributed by atoms with E-state index < -0.39 is 0 Å². The molecule has 3 heterocycles. The molecule has 1 unspecified atom stereocenters. The molecule has 0 saturated carbocycles. The van der Waals surface area contributed by atoms with Gasteiger partial charge in [-0.05, 0) is 57.0 Å². The lowest BCUT2D eigenvalue weighted by molar-refractivity contribution is 0.0620. The molecule has 4 rings (SSSR count). The van der Waals surface area contributed by atoms with E-state index in [1.54, 1.807) is 18.2 Å². The summed E-state index contributed by atoms with van der Waals surface area (Å²) in [5.41, 5.74) is 7.04. The Morgan fingerprint density at radius 2 is 2.19 bits per heavy atom. The van der Waals surface area contributed by atoms with Crippen LogP contribution in [0.25, 0.3) is 0 Å². The van der Waals surface area contributed by atoms with E-state index in [1.165, 1.54) is 25.9 Å². The van der Waals surface area contributed by atoms with E-state index in [0.29, 0.717) is 29.5 Å². The Kier molecular flexibility index (Phi) is 4.01. The number of nitrogens with two attached hydrogens (primary N) is 1. The number of benzene rings is 1. The molecule has 0 aliphatic carbocycles. The van der Waals surface area contributed by atoms with Crippen molar-refractivity contribution in [3.8, 4) is 5.75 Å². The van der Waals surface area contributed by atoms with Gasteiger partial charge >= 0.3 is 0 Å². The Bertz CT molecular complexity index is 524. The highest BCUT2D eigenvalue weighted by Crippen LogP contribution is 2.28. The molecule has 3 fully saturated rings. The summed E-state index contributed by atoms with van der Waals surface area (Å²) in [4.78, 5) is 14.8. The zero-order chi connectivity index (χ0) is 14.8. The summed E-state index contributed by atoms with van der Waals surface area (Å²) >= 11 is 0. The van der Waals surface area contributed by atoms with Crippen molar-refractivity contribution in [2.24, 2.45) is 5.92 Å². The summed E-state index contributed by atoms with van der Waals surface area (Å²) in [6.07, 6.45) is 2.38. The van der Waals surface area contributed by atoms with Crippen LogP contribution >= 0.6 is 0 Å². The molecule has 5 heteroatoms. The standard InChI is InChI=1S/C16H23N3O2/c1-2-21-15-4-3-12(9-13(15)17)16(20)18-14-10-19-7-5-11(14)6-8-19/h3-4,9,11,14H,2,5-8,10,17H2,1H3,(H,18,20). The molecule has 0 spiro atoms. The quantitative estimate of drug-likeness (QED) is 0.824. The highest BCUT2D eigenvalue weighted by molar-refractivity contribution is 5.95. The molecule has 21 heavy (non-hydrogen) atoms. The van der Waals surface area contributed by atoms with Gasteiger partial charge in [-0.15, -0.1) is 0 Å². The molecule has 5 nitrogen and oxygen atoms in total. The number of hydrogen-bond acceptors (Lipinski definition) is 4. The summed E-state index contributed by atoms with van der Waals surface area (Å²) in [5.74, 6) is 1.22. The first-order valence-corrected chi connectivity index (χ1v) is 7.73. The number of amides is 1. The van der Waals surface area contributed by atoms with Crippen LogP contribution in [0.4, 0.5) is 5.69 Å². The minimum absolute atomic E-state index is 0.0384. The van der Waals surface area contributed by atoms with Crippen molar-refractivity contribution in [1.82, 2.24) is 10.2 Å². The van der Waals surface area contributed by atoms with Crippen LogP contribution in [-0.2, 0) is 0 Å². The van der Waals surface area contributed by atoms with E-state index >= 15 is 0 Å². The van der Waals surface area contributed by atoms with Crippen molar-refractivity contribution < 1.29 is 9.53 Å². The number of rotatable bonds is 4. The summed E-state index contributed by atoms with van der Waals surface area (Å²) in [6, 6.07) is 5.51. The maximum Gasteiger partial charge on any atom is 0.251 e. The third kappa shape index (κ3) is 2.97. The van der Waals surface area contributed by atoms with Crippen molar-refractivity contribution in [2.45, 2.75) is 25.8 Å². The first kappa shape index (κ1) is 14.2. The fourth-order valence-electron chi connectivity index (χ4n) is 3.36. The van der Waals surface area contributed by atoms with Crippen molar-refractivity contribution in [3.63, 3.8) is 0 Å². The van der Waals surface area contributed by atoms with Crippen LogP contribution in [0.3, 0.4) is 0 Å². The second kappa shape index (κ2) is 5.93. The molecule has 3 saturated heterocycles. The lowest BCUT2D eigenvalue weighted by Gasteiger charge is -2.44. The summed E-state index contributed by atoms with van der Waals surface area (Å²) in [7, 11) is 0. The highest BCUT2D eigenvalue weighted by atomic mass is 16.5. The van der Waals surface area contributed by atoms with Gasteiger partial charge in [-0.3, -0.25) is 4.79 Å². The minimum Gasteiger partial charge on any atom is -0.492 e. The van der Waals surface area contributed by atoms with Gasteiger partial charge in [0, 0.05) is 18.2 Å². The molecule has 0 aromatic heterocycles. The third-order valence-electron chi connectivity index (χ3n) is 4.54. The van der Waals surface area contributed by atoms with Gasteiger partial charge in [0.15, 0.2) is 0 Å². The number of ether oxygens (including phenoxy) is 1. The number of piperidine rings is 3. The Labute approximate surface area is 125 Å². The molecular formula is C16H23N3O2. The number of fused-ring (bicyclic) bond motifs is 3. The number of nitrogens with zero attached hydrogens (tertiary/aromatic N) is 1. The summed E-state index contributed by atoms with van der Waals surface area (Å²) in [6.45, 7) is 5.80. The Balaban J connectivity index is 1.66. The van der Waals surface area contributed by atoms with Crippen LogP contribution in [0.2, 0.25) is 0 Å². The molecule has 114 valence electrons. The number of hydrogen-bond donors (Lipinski definition) is 2. The summed E-state index contributed by atoms with van der Waals surface area (Å²) < 4.78 is 5.40. The minimum atomic E-state index is -0.0384.